The lowest BCUT2D eigenvalue weighted by atomic mass is 10.1. The first kappa shape index (κ1) is 9.74. The van der Waals surface area contributed by atoms with E-state index in [1.165, 1.54) is 6.20 Å². The fraction of sp³-hybridized carbons (Fsp3) is 0.111. The second-order valence-corrected chi connectivity index (χ2v) is 3.13. The van der Waals surface area contributed by atoms with Gasteiger partial charge >= 0.3 is 0 Å². The van der Waals surface area contributed by atoms with E-state index in [1.54, 1.807) is 13.0 Å². The number of nitrogens with two attached hydrogens (primary N) is 1. The zero-order chi connectivity index (χ0) is 10.0. The van der Waals surface area contributed by atoms with E-state index in [0.717, 1.165) is 0 Å². The summed E-state index contributed by atoms with van der Waals surface area (Å²) in [7, 11) is 0. The normalized spacial score (nSPS) is 9.69. The van der Waals surface area contributed by atoms with E-state index in [0.29, 0.717) is 16.2 Å². The standard InChI is InChI=1S/C9H9ClN2O/c1-5(2)7-3-6(10)4-12-8(7)9(11)13/h3-4H,1H2,2H3,(H2,11,13). The molecular formula is C9H9ClN2O. The van der Waals surface area contributed by atoms with Gasteiger partial charge in [-0.3, -0.25) is 4.79 Å². The van der Waals surface area contributed by atoms with Crippen LogP contribution in [0.2, 0.25) is 5.02 Å². The van der Waals surface area contributed by atoms with Gasteiger partial charge in [-0.05, 0) is 18.6 Å². The Morgan fingerprint density at radius 3 is 2.77 bits per heavy atom. The van der Waals surface area contributed by atoms with Gasteiger partial charge in [0.05, 0.1) is 5.02 Å². The summed E-state index contributed by atoms with van der Waals surface area (Å²) in [6.07, 6.45) is 1.38. The van der Waals surface area contributed by atoms with E-state index in [1.807, 2.05) is 0 Å². The number of nitrogens with zero attached hydrogens (tertiary/aromatic N) is 1. The Morgan fingerprint density at radius 1 is 1.69 bits per heavy atom. The number of primary amides is 1. The summed E-state index contributed by atoms with van der Waals surface area (Å²) in [6.45, 7) is 5.47. The number of carbonyl (C=O) groups is 1. The van der Waals surface area contributed by atoms with E-state index >= 15 is 0 Å². The maximum atomic E-state index is 10.9. The van der Waals surface area contributed by atoms with Crippen LogP contribution in [0.25, 0.3) is 5.57 Å². The van der Waals surface area contributed by atoms with Crippen molar-refractivity contribution in [2.45, 2.75) is 6.92 Å². The molecule has 0 bridgehead atoms. The van der Waals surface area contributed by atoms with Crippen LogP contribution in [0.3, 0.4) is 0 Å². The predicted molar refractivity (Wildman–Crippen MR) is 52.5 cm³/mol. The number of pyridine rings is 1. The third kappa shape index (κ3) is 2.06. The number of aromatic nitrogens is 1. The minimum Gasteiger partial charge on any atom is -0.364 e. The zero-order valence-corrected chi connectivity index (χ0v) is 7.93. The summed E-state index contributed by atoms with van der Waals surface area (Å²) in [4.78, 5) is 14.7. The van der Waals surface area contributed by atoms with E-state index in [9.17, 15) is 4.79 Å². The monoisotopic (exact) mass is 196 g/mol. The molecule has 0 radical (unpaired) electrons. The molecule has 68 valence electrons. The van der Waals surface area contributed by atoms with Crippen molar-refractivity contribution >= 4 is 23.1 Å². The first-order valence-electron chi connectivity index (χ1n) is 3.63. The van der Waals surface area contributed by atoms with Crippen molar-refractivity contribution in [2.75, 3.05) is 0 Å². The van der Waals surface area contributed by atoms with Crippen molar-refractivity contribution in [1.82, 2.24) is 4.98 Å². The number of hydrogen-bond acceptors (Lipinski definition) is 2. The topological polar surface area (TPSA) is 56.0 Å². The second kappa shape index (κ2) is 3.58. The van der Waals surface area contributed by atoms with Crippen molar-refractivity contribution in [3.05, 3.63) is 35.1 Å². The van der Waals surface area contributed by atoms with E-state index in [2.05, 4.69) is 11.6 Å². The van der Waals surface area contributed by atoms with Gasteiger partial charge < -0.3 is 5.73 Å². The molecule has 0 fully saturated rings. The lowest BCUT2D eigenvalue weighted by Crippen LogP contribution is -2.15. The van der Waals surface area contributed by atoms with Crippen molar-refractivity contribution in [3.8, 4) is 0 Å². The molecule has 0 saturated heterocycles. The molecule has 0 aliphatic rings. The third-order valence-corrected chi connectivity index (χ3v) is 1.75. The molecule has 0 atom stereocenters. The number of rotatable bonds is 2. The summed E-state index contributed by atoms with van der Waals surface area (Å²) in [6, 6.07) is 1.62. The molecule has 1 amide bonds. The Kier molecular flexibility index (Phi) is 2.68. The van der Waals surface area contributed by atoms with Crippen molar-refractivity contribution in [2.24, 2.45) is 5.73 Å². The maximum absolute atomic E-state index is 10.9. The fourth-order valence-electron chi connectivity index (χ4n) is 0.961. The first-order chi connectivity index (χ1) is 6.02. The molecule has 1 heterocycles. The molecule has 0 spiro atoms. The molecular weight excluding hydrogens is 188 g/mol. The SMILES string of the molecule is C=C(C)c1cc(Cl)cnc1C(N)=O. The molecule has 0 aliphatic heterocycles. The first-order valence-corrected chi connectivity index (χ1v) is 4.01. The number of carbonyl (C=O) groups excluding carboxylic acids is 1. The molecule has 4 heteroatoms. The minimum atomic E-state index is -0.574. The highest BCUT2D eigenvalue weighted by atomic mass is 35.5. The van der Waals surface area contributed by atoms with E-state index < -0.39 is 5.91 Å². The van der Waals surface area contributed by atoms with Gasteiger partial charge in [0.1, 0.15) is 5.69 Å². The van der Waals surface area contributed by atoms with Crippen molar-refractivity contribution < 1.29 is 4.79 Å². The van der Waals surface area contributed by atoms with Crippen LogP contribution < -0.4 is 5.73 Å². The average Bonchev–Trinajstić information content (AvgIpc) is 2.03. The Morgan fingerprint density at radius 2 is 2.31 bits per heavy atom. The predicted octanol–water partition coefficient (Wildman–Crippen LogP) is 1.87. The molecule has 13 heavy (non-hydrogen) atoms. The Balaban J connectivity index is 3.35. The smallest absolute Gasteiger partial charge is 0.267 e. The quantitative estimate of drug-likeness (QED) is 0.785. The van der Waals surface area contributed by atoms with Gasteiger partial charge in [0, 0.05) is 11.8 Å². The maximum Gasteiger partial charge on any atom is 0.267 e. The van der Waals surface area contributed by atoms with Crippen LogP contribution in [0.5, 0.6) is 0 Å². The molecule has 0 aliphatic carbocycles. The second-order valence-electron chi connectivity index (χ2n) is 2.69. The lowest BCUT2D eigenvalue weighted by molar-refractivity contribution is 0.0995. The largest absolute Gasteiger partial charge is 0.364 e. The number of allylic oxidation sites excluding steroid dienone is 1. The highest BCUT2D eigenvalue weighted by Crippen LogP contribution is 2.19. The van der Waals surface area contributed by atoms with Crippen LogP contribution in [0, 0.1) is 0 Å². The Bertz CT molecular complexity index is 374. The number of amides is 1. The number of halogens is 1. The Labute approximate surface area is 81.2 Å². The highest BCUT2D eigenvalue weighted by molar-refractivity contribution is 6.30. The van der Waals surface area contributed by atoms with Gasteiger partial charge in [-0.25, -0.2) is 4.98 Å². The van der Waals surface area contributed by atoms with Crippen LogP contribution >= 0.6 is 11.6 Å². The van der Waals surface area contributed by atoms with Gasteiger partial charge in [-0.1, -0.05) is 18.2 Å². The molecule has 3 nitrogen and oxygen atoms in total. The molecule has 2 N–H and O–H groups in total. The minimum absolute atomic E-state index is 0.205. The Hall–Kier alpha value is -1.35. The van der Waals surface area contributed by atoms with Crippen molar-refractivity contribution in [1.29, 1.82) is 0 Å². The van der Waals surface area contributed by atoms with Crippen LogP contribution in [-0.4, -0.2) is 10.9 Å². The van der Waals surface area contributed by atoms with E-state index in [4.69, 9.17) is 17.3 Å². The van der Waals surface area contributed by atoms with Crippen molar-refractivity contribution in [3.63, 3.8) is 0 Å². The van der Waals surface area contributed by atoms with Crippen LogP contribution in [-0.2, 0) is 0 Å². The molecule has 0 aromatic carbocycles. The third-order valence-electron chi connectivity index (χ3n) is 1.55. The van der Waals surface area contributed by atoms with Crippen LogP contribution in [0.15, 0.2) is 18.8 Å². The fourth-order valence-corrected chi connectivity index (χ4v) is 1.12. The molecule has 1 rings (SSSR count). The highest BCUT2D eigenvalue weighted by Gasteiger charge is 2.10. The lowest BCUT2D eigenvalue weighted by Gasteiger charge is -2.04. The summed E-state index contributed by atoms with van der Waals surface area (Å²) in [5, 5.41) is 0.461. The van der Waals surface area contributed by atoms with Crippen LogP contribution in [0.1, 0.15) is 23.0 Å². The molecule has 0 saturated carbocycles. The van der Waals surface area contributed by atoms with Gasteiger partial charge in [-0.15, -0.1) is 0 Å². The summed E-state index contributed by atoms with van der Waals surface area (Å²) < 4.78 is 0. The zero-order valence-electron chi connectivity index (χ0n) is 7.17. The van der Waals surface area contributed by atoms with Gasteiger partial charge in [0.2, 0.25) is 0 Å². The number of hydrogen-bond donors (Lipinski definition) is 1. The van der Waals surface area contributed by atoms with E-state index in [-0.39, 0.29) is 5.69 Å². The molecule has 1 aromatic heterocycles. The van der Waals surface area contributed by atoms with Gasteiger partial charge in [0.15, 0.2) is 0 Å². The molecule has 0 unspecified atom stereocenters. The van der Waals surface area contributed by atoms with Gasteiger partial charge in [0.25, 0.3) is 5.91 Å². The average molecular weight is 197 g/mol. The summed E-state index contributed by atoms with van der Waals surface area (Å²) >= 11 is 5.71. The summed E-state index contributed by atoms with van der Waals surface area (Å²) in [5.74, 6) is -0.574. The van der Waals surface area contributed by atoms with Crippen LogP contribution in [0.4, 0.5) is 0 Å². The van der Waals surface area contributed by atoms with Gasteiger partial charge in [-0.2, -0.15) is 0 Å². The summed E-state index contributed by atoms with van der Waals surface area (Å²) in [5.41, 5.74) is 6.63. The molecule has 1 aromatic rings.